The molecule has 1 aliphatic rings. The van der Waals surface area contributed by atoms with Gasteiger partial charge in [-0.1, -0.05) is 98.4 Å². The third-order valence-electron chi connectivity index (χ3n) is 7.27. The van der Waals surface area contributed by atoms with E-state index < -0.39 is 6.04 Å². The van der Waals surface area contributed by atoms with E-state index in [1.807, 2.05) is 54.6 Å². The molecule has 0 radical (unpaired) electrons. The maximum atomic E-state index is 13.8. The van der Waals surface area contributed by atoms with Gasteiger partial charge in [-0.15, -0.1) is 0 Å². The summed E-state index contributed by atoms with van der Waals surface area (Å²) in [5, 5.41) is 4.09. The summed E-state index contributed by atoms with van der Waals surface area (Å²) in [5.74, 6) is 0.497. The molecule has 0 bridgehead atoms. The first kappa shape index (κ1) is 29.0. The zero-order valence-corrected chi connectivity index (χ0v) is 24.0. The van der Waals surface area contributed by atoms with E-state index in [1.165, 1.54) is 5.56 Å². The number of hydrogen-bond acceptors (Lipinski definition) is 3. The Bertz CT molecular complexity index is 1220. The topological polar surface area (TPSA) is 58.6 Å². The average molecular weight is 568 g/mol. The second-order valence-corrected chi connectivity index (χ2v) is 11.2. The lowest BCUT2D eigenvalue weighted by Crippen LogP contribution is -2.53. The summed E-state index contributed by atoms with van der Waals surface area (Å²) in [7, 11) is 0. The van der Waals surface area contributed by atoms with Crippen molar-refractivity contribution in [3.05, 3.63) is 99.5 Å². The SMILES string of the molecule is CC(C)c1ccc(OCC(=O)N(Cc2c(Cl)cccc2Cl)[C@@H](Cc2ccccc2)C(=O)NC2CCCC2)cc1. The molecule has 39 heavy (non-hydrogen) atoms. The Kier molecular flexibility index (Phi) is 10.3. The highest BCUT2D eigenvalue weighted by molar-refractivity contribution is 6.36. The highest BCUT2D eigenvalue weighted by Gasteiger charge is 2.33. The second-order valence-electron chi connectivity index (χ2n) is 10.4. The normalized spacial score (nSPS) is 14.3. The summed E-state index contributed by atoms with van der Waals surface area (Å²) in [4.78, 5) is 29.2. The molecule has 0 saturated heterocycles. The molecule has 4 rings (SSSR count). The van der Waals surface area contributed by atoms with E-state index in [0.717, 1.165) is 31.2 Å². The number of benzene rings is 3. The summed E-state index contributed by atoms with van der Waals surface area (Å²) >= 11 is 13.0. The zero-order chi connectivity index (χ0) is 27.8. The number of carbonyl (C=O) groups is 2. The monoisotopic (exact) mass is 566 g/mol. The van der Waals surface area contributed by atoms with Crippen LogP contribution in [0.5, 0.6) is 5.75 Å². The van der Waals surface area contributed by atoms with Crippen LogP contribution >= 0.6 is 23.2 Å². The van der Waals surface area contributed by atoms with Crippen LogP contribution in [-0.2, 0) is 22.6 Å². The molecule has 7 heteroatoms. The van der Waals surface area contributed by atoms with Gasteiger partial charge in [0.1, 0.15) is 11.8 Å². The number of ether oxygens (including phenoxy) is 1. The van der Waals surface area contributed by atoms with Crippen molar-refractivity contribution in [1.29, 1.82) is 0 Å². The Balaban J connectivity index is 1.62. The zero-order valence-electron chi connectivity index (χ0n) is 22.5. The van der Waals surface area contributed by atoms with E-state index in [2.05, 4.69) is 19.2 Å². The number of rotatable bonds is 11. The lowest BCUT2D eigenvalue weighted by Gasteiger charge is -2.32. The first-order valence-corrected chi connectivity index (χ1v) is 14.4. The van der Waals surface area contributed by atoms with Gasteiger partial charge >= 0.3 is 0 Å². The lowest BCUT2D eigenvalue weighted by molar-refractivity contribution is -0.143. The molecule has 1 aliphatic carbocycles. The van der Waals surface area contributed by atoms with Crippen LogP contribution in [0.1, 0.15) is 62.1 Å². The van der Waals surface area contributed by atoms with Gasteiger partial charge in [-0.3, -0.25) is 9.59 Å². The van der Waals surface area contributed by atoms with Gasteiger partial charge in [-0.2, -0.15) is 0 Å². The van der Waals surface area contributed by atoms with Crippen molar-refractivity contribution in [2.24, 2.45) is 0 Å². The highest BCUT2D eigenvalue weighted by Crippen LogP contribution is 2.28. The second kappa shape index (κ2) is 13.9. The molecule has 1 N–H and O–H groups in total. The van der Waals surface area contributed by atoms with Crippen LogP contribution < -0.4 is 10.1 Å². The predicted molar refractivity (Wildman–Crippen MR) is 157 cm³/mol. The van der Waals surface area contributed by atoms with Crippen molar-refractivity contribution < 1.29 is 14.3 Å². The predicted octanol–water partition coefficient (Wildman–Crippen LogP) is 7.19. The van der Waals surface area contributed by atoms with Crippen LogP contribution in [0.15, 0.2) is 72.8 Å². The van der Waals surface area contributed by atoms with Crippen molar-refractivity contribution in [3.63, 3.8) is 0 Å². The fourth-order valence-electron chi connectivity index (χ4n) is 4.95. The number of halogens is 2. The summed E-state index contributed by atoms with van der Waals surface area (Å²) in [5.41, 5.74) is 2.75. The molecule has 0 aliphatic heterocycles. The first-order valence-electron chi connectivity index (χ1n) is 13.6. The van der Waals surface area contributed by atoms with Crippen LogP contribution in [0.4, 0.5) is 0 Å². The van der Waals surface area contributed by atoms with Gasteiger partial charge in [0, 0.05) is 34.6 Å². The van der Waals surface area contributed by atoms with Crippen LogP contribution in [0, 0.1) is 0 Å². The maximum Gasteiger partial charge on any atom is 0.261 e. The Hall–Kier alpha value is -3.02. The van der Waals surface area contributed by atoms with Gasteiger partial charge in [0.15, 0.2) is 6.61 Å². The summed E-state index contributed by atoms with van der Waals surface area (Å²) in [6, 6.07) is 22.1. The first-order chi connectivity index (χ1) is 18.8. The van der Waals surface area contributed by atoms with Gasteiger partial charge in [0.05, 0.1) is 0 Å². The minimum Gasteiger partial charge on any atom is -0.484 e. The largest absolute Gasteiger partial charge is 0.484 e. The van der Waals surface area contributed by atoms with Crippen LogP contribution in [0.3, 0.4) is 0 Å². The highest BCUT2D eigenvalue weighted by atomic mass is 35.5. The molecular formula is C32H36Cl2N2O3. The molecule has 3 aromatic rings. The van der Waals surface area contributed by atoms with Gasteiger partial charge in [-0.05, 0) is 54.2 Å². The molecule has 1 saturated carbocycles. The van der Waals surface area contributed by atoms with E-state index in [4.69, 9.17) is 27.9 Å². The Labute approximate surface area is 241 Å². The maximum absolute atomic E-state index is 13.8. The molecule has 0 unspecified atom stereocenters. The minimum atomic E-state index is -0.764. The smallest absolute Gasteiger partial charge is 0.261 e. The standard InChI is InChI=1S/C32H36Cl2N2O3/c1-22(2)24-15-17-26(18-16-24)39-21-31(37)36(20-27-28(33)13-8-14-29(27)34)30(19-23-9-4-3-5-10-23)32(38)35-25-11-6-7-12-25/h3-5,8-10,13-18,22,25,30H,6-7,11-12,19-21H2,1-2H3,(H,35,38)/t30-/m0/s1. The fraction of sp³-hybridized carbons (Fsp3) is 0.375. The van der Waals surface area contributed by atoms with Crippen LogP contribution in [0.25, 0.3) is 0 Å². The van der Waals surface area contributed by atoms with E-state index in [1.54, 1.807) is 23.1 Å². The molecule has 3 aromatic carbocycles. The molecule has 1 atom stereocenters. The van der Waals surface area contributed by atoms with Gasteiger partial charge in [0.2, 0.25) is 5.91 Å². The molecule has 206 valence electrons. The number of nitrogens with one attached hydrogen (secondary N) is 1. The molecule has 2 amide bonds. The van der Waals surface area contributed by atoms with Crippen molar-refractivity contribution >= 4 is 35.0 Å². The van der Waals surface area contributed by atoms with Gasteiger partial charge in [-0.25, -0.2) is 0 Å². The summed E-state index contributed by atoms with van der Waals surface area (Å²) in [6.07, 6.45) is 4.44. The molecule has 0 spiro atoms. The lowest BCUT2D eigenvalue weighted by atomic mass is 10.0. The van der Waals surface area contributed by atoms with Crippen molar-refractivity contribution in [2.45, 2.75) is 70.5 Å². The summed E-state index contributed by atoms with van der Waals surface area (Å²) < 4.78 is 5.91. The van der Waals surface area contributed by atoms with Crippen molar-refractivity contribution in [2.75, 3.05) is 6.61 Å². The average Bonchev–Trinajstić information content (AvgIpc) is 3.44. The summed E-state index contributed by atoms with van der Waals surface area (Å²) in [6.45, 7) is 4.12. The van der Waals surface area contributed by atoms with E-state index in [-0.39, 0.29) is 31.0 Å². The Morgan fingerprint density at radius 3 is 2.18 bits per heavy atom. The number of nitrogens with zero attached hydrogens (tertiary/aromatic N) is 1. The van der Waals surface area contributed by atoms with Gasteiger partial charge in [0.25, 0.3) is 5.91 Å². The van der Waals surface area contributed by atoms with Crippen LogP contribution in [0.2, 0.25) is 10.0 Å². The molecular weight excluding hydrogens is 531 g/mol. The van der Waals surface area contributed by atoms with Crippen molar-refractivity contribution in [1.82, 2.24) is 10.2 Å². The molecule has 0 aromatic heterocycles. The van der Waals surface area contributed by atoms with E-state index in [0.29, 0.717) is 33.7 Å². The third kappa shape index (κ3) is 8.00. The quantitative estimate of drug-likeness (QED) is 0.267. The Morgan fingerprint density at radius 1 is 0.923 bits per heavy atom. The van der Waals surface area contributed by atoms with Gasteiger partial charge < -0.3 is 15.0 Å². The number of amides is 2. The van der Waals surface area contributed by atoms with E-state index in [9.17, 15) is 9.59 Å². The molecule has 0 heterocycles. The van der Waals surface area contributed by atoms with Crippen molar-refractivity contribution in [3.8, 4) is 5.75 Å². The van der Waals surface area contributed by atoms with Crippen LogP contribution in [-0.4, -0.2) is 35.4 Å². The third-order valence-corrected chi connectivity index (χ3v) is 7.98. The number of carbonyl (C=O) groups excluding carboxylic acids is 2. The molecule has 5 nitrogen and oxygen atoms in total. The number of hydrogen-bond donors (Lipinski definition) is 1. The fourth-order valence-corrected chi connectivity index (χ4v) is 5.47. The van der Waals surface area contributed by atoms with E-state index >= 15 is 0 Å². The Morgan fingerprint density at radius 2 is 1.56 bits per heavy atom. The molecule has 1 fully saturated rings. The minimum absolute atomic E-state index is 0.0859.